The van der Waals surface area contributed by atoms with E-state index in [-0.39, 0.29) is 24.5 Å². The molecule has 1 aliphatic rings. The Morgan fingerprint density at radius 1 is 1.36 bits per heavy atom. The highest BCUT2D eigenvalue weighted by molar-refractivity contribution is 5.95. The van der Waals surface area contributed by atoms with Gasteiger partial charge in [-0.05, 0) is 37.6 Å². The van der Waals surface area contributed by atoms with E-state index in [1.165, 1.54) is 7.11 Å². The van der Waals surface area contributed by atoms with Crippen molar-refractivity contribution in [3.8, 4) is 11.5 Å². The number of nitrogens with zero attached hydrogens (tertiary/aromatic N) is 1. The standard InChI is InChI=1S/C18H27N3O4/c1-4-9-21(14-7-8-20-11-14)18(23)13-5-6-15(16(10-13)24-3)25-12-17(22)19-2/h5-6,10,14,20H,4,7-9,11-12H2,1-3H3,(H,19,22). The van der Waals surface area contributed by atoms with E-state index in [1.807, 2.05) is 4.90 Å². The van der Waals surface area contributed by atoms with Crippen molar-refractivity contribution in [3.63, 3.8) is 0 Å². The van der Waals surface area contributed by atoms with Crippen LogP contribution in [0.5, 0.6) is 11.5 Å². The lowest BCUT2D eigenvalue weighted by atomic mass is 10.1. The highest BCUT2D eigenvalue weighted by atomic mass is 16.5. The molecular weight excluding hydrogens is 322 g/mol. The molecule has 1 fully saturated rings. The largest absolute Gasteiger partial charge is 0.493 e. The molecule has 2 rings (SSSR count). The second kappa shape index (κ2) is 9.27. The van der Waals surface area contributed by atoms with Gasteiger partial charge < -0.3 is 25.0 Å². The molecule has 0 radical (unpaired) electrons. The minimum atomic E-state index is -0.231. The van der Waals surface area contributed by atoms with Crippen molar-refractivity contribution in [2.45, 2.75) is 25.8 Å². The van der Waals surface area contributed by atoms with Crippen molar-refractivity contribution in [1.29, 1.82) is 0 Å². The molecular formula is C18H27N3O4. The Hall–Kier alpha value is -2.28. The number of benzene rings is 1. The van der Waals surface area contributed by atoms with Crippen molar-refractivity contribution in [2.75, 3.05) is 40.4 Å². The molecule has 0 aromatic heterocycles. The van der Waals surface area contributed by atoms with Gasteiger partial charge in [-0.1, -0.05) is 6.92 Å². The molecule has 0 aliphatic carbocycles. The zero-order valence-corrected chi connectivity index (χ0v) is 15.1. The van der Waals surface area contributed by atoms with Crippen LogP contribution in [0, 0.1) is 0 Å². The van der Waals surface area contributed by atoms with Gasteiger partial charge in [0, 0.05) is 31.7 Å². The van der Waals surface area contributed by atoms with Gasteiger partial charge in [-0.15, -0.1) is 0 Å². The quantitative estimate of drug-likeness (QED) is 0.733. The molecule has 2 amide bonds. The lowest BCUT2D eigenvalue weighted by Gasteiger charge is -2.28. The molecule has 2 N–H and O–H groups in total. The first-order chi connectivity index (χ1) is 12.1. The summed E-state index contributed by atoms with van der Waals surface area (Å²) in [5.41, 5.74) is 0.560. The molecule has 0 bridgehead atoms. The molecule has 1 aromatic carbocycles. The van der Waals surface area contributed by atoms with Gasteiger partial charge in [-0.2, -0.15) is 0 Å². The SMILES string of the molecule is CCCN(C(=O)c1ccc(OCC(=O)NC)c(OC)c1)C1CCNC1. The van der Waals surface area contributed by atoms with Crippen molar-refractivity contribution < 1.29 is 19.1 Å². The van der Waals surface area contributed by atoms with Crippen LogP contribution in [0.1, 0.15) is 30.1 Å². The molecule has 138 valence electrons. The van der Waals surface area contributed by atoms with E-state index in [9.17, 15) is 9.59 Å². The zero-order chi connectivity index (χ0) is 18.2. The molecule has 0 saturated carbocycles. The summed E-state index contributed by atoms with van der Waals surface area (Å²) in [5, 5.41) is 5.80. The highest BCUT2D eigenvalue weighted by Crippen LogP contribution is 2.29. The molecule has 1 unspecified atom stereocenters. The Labute approximate surface area is 148 Å². The van der Waals surface area contributed by atoms with E-state index in [2.05, 4.69) is 17.6 Å². The molecule has 7 nitrogen and oxygen atoms in total. The van der Waals surface area contributed by atoms with Crippen LogP contribution in [0.2, 0.25) is 0 Å². The number of carbonyl (C=O) groups is 2. The van der Waals surface area contributed by atoms with Crippen LogP contribution in [-0.4, -0.2) is 63.2 Å². The summed E-state index contributed by atoms with van der Waals surface area (Å²) < 4.78 is 10.8. The van der Waals surface area contributed by atoms with Crippen LogP contribution in [0.3, 0.4) is 0 Å². The van der Waals surface area contributed by atoms with Crippen LogP contribution in [0.4, 0.5) is 0 Å². The third kappa shape index (κ3) is 4.85. The van der Waals surface area contributed by atoms with Crippen LogP contribution in [-0.2, 0) is 4.79 Å². The molecule has 1 heterocycles. The Bertz CT molecular complexity index is 600. The van der Waals surface area contributed by atoms with E-state index >= 15 is 0 Å². The van der Waals surface area contributed by atoms with E-state index in [0.29, 0.717) is 17.1 Å². The summed E-state index contributed by atoms with van der Waals surface area (Å²) in [7, 11) is 3.06. The minimum Gasteiger partial charge on any atom is -0.493 e. The van der Waals surface area contributed by atoms with Crippen LogP contribution >= 0.6 is 0 Å². The minimum absolute atomic E-state index is 0.00768. The average molecular weight is 349 g/mol. The molecule has 25 heavy (non-hydrogen) atoms. The summed E-state index contributed by atoms with van der Waals surface area (Å²) >= 11 is 0. The number of amides is 2. The number of hydrogen-bond acceptors (Lipinski definition) is 5. The fourth-order valence-electron chi connectivity index (χ4n) is 2.90. The first kappa shape index (κ1) is 19.1. The van der Waals surface area contributed by atoms with E-state index in [1.54, 1.807) is 25.2 Å². The maximum atomic E-state index is 13.0. The molecule has 7 heteroatoms. The number of hydrogen-bond donors (Lipinski definition) is 2. The van der Waals surface area contributed by atoms with E-state index in [0.717, 1.165) is 32.5 Å². The zero-order valence-electron chi connectivity index (χ0n) is 15.1. The maximum absolute atomic E-state index is 13.0. The summed E-state index contributed by atoms with van der Waals surface area (Å²) in [6.07, 6.45) is 1.88. The third-order valence-corrected chi connectivity index (χ3v) is 4.25. The second-order valence-electron chi connectivity index (χ2n) is 5.97. The molecule has 1 aromatic rings. The Morgan fingerprint density at radius 3 is 2.76 bits per heavy atom. The first-order valence-electron chi connectivity index (χ1n) is 8.63. The molecule has 1 saturated heterocycles. The number of ether oxygens (including phenoxy) is 2. The van der Waals surface area contributed by atoms with Crippen molar-refractivity contribution in [1.82, 2.24) is 15.5 Å². The third-order valence-electron chi connectivity index (χ3n) is 4.25. The van der Waals surface area contributed by atoms with Gasteiger partial charge in [-0.25, -0.2) is 0 Å². The van der Waals surface area contributed by atoms with Gasteiger partial charge in [0.15, 0.2) is 18.1 Å². The summed E-state index contributed by atoms with van der Waals surface area (Å²) in [6.45, 7) is 4.46. The Kier molecular flexibility index (Phi) is 7.06. The molecule has 1 aliphatic heterocycles. The highest BCUT2D eigenvalue weighted by Gasteiger charge is 2.27. The summed E-state index contributed by atoms with van der Waals surface area (Å²) in [4.78, 5) is 26.2. The number of rotatable bonds is 8. The fraction of sp³-hybridized carbons (Fsp3) is 0.556. The summed E-state index contributed by atoms with van der Waals surface area (Å²) in [6, 6.07) is 5.29. The number of methoxy groups -OCH3 is 1. The normalized spacial score (nSPS) is 16.4. The van der Waals surface area contributed by atoms with Gasteiger partial charge in [0.05, 0.1) is 7.11 Å². The smallest absolute Gasteiger partial charge is 0.257 e. The first-order valence-corrected chi connectivity index (χ1v) is 8.63. The van der Waals surface area contributed by atoms with Gasteiger partial charge in [-0.3, -0.25) is 9.59 Å². The van der Waals surface area contributed by atoms with Crippen molar-refractivity contribution in [3.05, 3.63) is 23.8 Å². The van der Waals surface area contributed by atoms with Crippen molar-refractivity contribution in [2.24, 2.45) is 0 Å². The van der Waals surface area contributed by atoms with Crippen LogP contribution < -0.4 is 20.1 Å². The number of nitrogens with one attached hydrogen (secondary N) is 2. The number of carbonyl (C=O) groups excluding carboxylic acids is 2. The van der Waals surface area contributed by atoms with E-state index in [4.69, 9.17) is 9.47 Å². The van der Waals surface area contributed by atoms with Gasteiger partial charge in [0.1, 0.15) is 0 Å². The predicted molar refractivity (Wildman–Crippen MR) is 95.2 cm³/mol. The topological polar surface area (TPSA) is 79.9 Å². The maximum Gasteiger partial charge on any atom is 0.257 e. The Morgan fingerprint density at radius 2 is 2.16 bits per heavy atom. The fourth-order valence-corrected chi connectivity index (χ4v) is 2.90. The van der Waals surface area contributed by atoms with Gasteiger partial charge in [0.25, 0.3) is 11.8 Å². The second-order valence-corrected chi connectivity index (χ2v) is 5.97. The monoisotopic (exact) mass is 349 g/mol. The lowest BCUT2D eigenvalue weighted by Crippen LogP contribution is -2.42. The molecule has 0 spiro atoms. The van der Waals surface area contributed by atoms with Gasteiger partial charge in [0.2, 0.25) is 0 Å². The lowest BCUT2D eigenvalue weighted by molar-refractivity contribution is -0.122. The predicted octanol–water partition coefficient (Wildman–Crippen LogP) is 1.03. The Balaban J connectivity index is 2.16. The van der Waals surface area contributed by atoms with Crippen LogP contribution in [0.25, 0.3) is 0 Å². The van der Waals surface area contributed by atoms with Crippen LogP contribution in [0.15, 0.2) is 18.2 Å². The van der Waals surface area contributed by atoms with Gasteiger partial charge >= 0.3 is 0 Å². The van der Waals surface area contributed by atoms with E-state index < -0.39 is 0 Å². The van der Waals surface area contributed by atoms with Crippen molar-refractivity contribution >= 4 is 11.8 Å². The number of likely N-dealkylation sites (N-methyl/N-ethyl adjacent to an activating group) is 1. The summed E-state index contributed by atoms with van der Waals surface area (Å²) in [5.74, 6) is 0.639. The molecule has 1 atom stereocenters. The average Bonchev–Trinajstić information content (AvgIpc) is 3.17.